The van der Waals surface area contributed by atoms with Crippen LogP contribution in [0.5, 0.6) is 0 Å². The number of aromatic nitrogens is 4. The van der Waals surface area contributed by atoms with Gasteiger partial charge in [-0.1, -0.05) is 12.1 Å². The predicted molar refractivity (Wildman–Crippen MR) is 96.6 cm³/mol. The van der Waals surface area contributed by atoms with E-state index in [4.69, 9.17) is 0 Å². The molecule has 0 spiro atoms. The molecule has 0 bridgehead atoms. The highest BCUT2D eigenvalue weighted by Gasteiger charge is 2.31. The fourth-order valence-electron chi connectivity index (χ4n) is 3.27. The lowest BCUT2D eigenvalue weighted by molar-refractivity contribution is 0.101. The second kappa shape index (κ2) is 7.10. The van der Waals surface area contributed by atoms with E-state index in [9.17, 15) is 13.2 Å². The number of hydrogen-bond acceptors (Lipinski definition) is 7. The van der Waals surface area contributed by atoms with Crippen LogP contribution in [0.4, 0.5) is 0 Å². The third-order valence-electron chi connectivity index (χ3n) is 5.03. The smallest absolute Gasteiger partial charge is 0.243 e. The first-order valence-corrected chi connectivity index (χ1v) is 10.5. The van der Waals surface area contributed by atoms with Crippen LogP contribution in [0.25, 0.3) is 0 Å². The monoisotopic (exact) mass is 390 g/mol. The molecule has 2 aliphatic rings. The van der Waals surface area contributed by atoms with Gasteiger partial charge in [0.15, 0.2) is 11.6 Å². The lowest BCUT2D eigenvalue weighted by Gasteiger charge is -2.33. The number of hydrogen-bond donors (Lipinski definition) is 0. The van der Waals surface area contributed by atoms with Crippen LogP contribution < -0.4 is 0 Å². The van der Waals surface area contributed by atoms with E-state index in [1.165, 1.54) is 23.4 Å². The average Bonchev–Trinajstić information content (AvgIpc) is 3.41. The van der Waals surface area contributed by atoms with Crippen LogP contribution in [-0.4, -0.2) is 69.8 Å². The maximum atomic E-state index is 12.9. The highest BCUT2D eigenvalue weighted by atomic mass is 32.2. The van der Waals surface area contributed by atoms with Gasteiger partial charge < -0.3 is 0 Å². The molecule has 1 aliphatic carbocycles. The summed E-state index contributed by atoms with van der Waals surface area (Å²) in [5, 5.41) is 11.9. The minimum atomic E-state index is -3.61. The molecular formula is C17H22N6O3S. The van der Waals surface area contributed by atoms with Gasteiger partial charge in [-0.15, -0.1) is 5.10 Å². The summed E-state index contributed by atoms with van der Waals surface area (Å²) >= 11 is 0. The number of carbonyl (C=O) groups is 1. The van der Waals surface area contributed by atoms with E-state index in [0.717, 1.165) is 18.7 Å². The van der Waals surface area contributed by atoms with Crippen LogP contribution in [0.1, 0.15) is 42.0 Å². The number of nitrogens with zero attached hydrogens (tertiary/aromatic N) is 6. The second-order valence-corrected chi connectivity index (χ2v) is 8.97. The van der Waals surface area contributed by atoms with Crippen molar-refractivity contribution in [3.05, 3.63) is 35.7 Å². The zero-order valence-electron chi connectivity index (χ0n) is 15.2. The van der Waals surface area contributed by atoms with Crippen LogP contribution in [0.15, 0.2) is 29.2 Å². The third kappa shape index (κ3) is 3.78. The van der Waals surface area contributed by atoms with Crippen molar-refractivity contribution < 1.29 is 13.2 Å². The van der Waals surface area contributed by atoms with Crippen molar-refractivity contribution in [3.8, 4) is 0 Å². The molecule has 1 aromatic carbocycles. The molecule has 9 nitrogen and oxygen atoms in total. The van der Waals surface area contributed by atoms with Crippen LogP contribution in [-0.2, 0) is 16.6 Å². The molecule has 0 unspecified atom stereocenters. The summed E-state index contributed by atoms with van der Waals surface area (Å²) in [5.74, 6) is 0.688. The Labute approximate surface area is 158 Å². The summed E-state index contributed by atoms with van der Waals surface area (Å²) < 4.78 is 29.2. The van der Waals surface area contributed by atoms with Gasteiger partial charge in [0.25, 0.3) is 0 Å². The zero-order chi connectivity index (χ0) is 19.0. The number of benzene rings is 1. The number of carbonyl (C=O) groups excluding carboxylic acids is 1. The summed E-state index contributed by atoms with van der Waals surface area (Å²) in [6.45, 7) is 4.08. The molecule has 2 heterocycles. The molecule has 0 radical (unpaired) electrons. The molecule has 0 atom stereocenters. The van der Waals surface area contributed by atoms with Gasteiger partial charge in [-0.3, -0.25) is 9.69 Å². The Balaban J connectivity index is 1.41. The van der Waals surface area contributed by atoms with E-state index in [0.29, 0.717) is 44.3 Å². The van der Waals surface area contributed by atoms with Crippen molar-refractivity contribution in [2.45, 2.75) is 37.2 Å². The van der Waals surface area contributed by atoms with E-state index in [-0.39, 0.29) is 10.7 Å². The molecule has 1 aliphatic heterocycles. The largest absolute Gasteiger partial charge is 0.295 e. The van der Waals surface area contributed by atoms with Crippen molar-refractivity contribution in [1.29, 1.82) is 0 Å². The highest BCUT2D eigenvalue weighted by molar-refractivity contribution is 7.89. The second-order valence-electron chi connectivity index (χ2n) is 7.04. The molecular weight excluding hydrogens is 368 g/mol. The molecule has 1 saturated carbocycles. The lowest BCUT2D eigenvalue weighted by atomic mass is 10.2. The Morgan fingerprint density at radius 2 is 1.93 bits per heavy atom. The van der Waals surface area contributed by atoms with Crippen LogP contribution in [0.2, 0.25) is 0 Å². The van der Waals surface area contributed by atoms with Crippen molar-refractivity contribution in [2.75, 3.05) is 26.2 Å². The van der Waals surface area contributed by atoms with E-state index in [1.54, 1.807) is 12.1 Å². The Kier molecular flexibility index (Phi) is 4.79. The molecule has 0 N–H and O–H groups in total. The Hall–Kier alpha value is -2.17. The topological polar surface area (TPSA) is 101 Å². The first-order chi connectivity index (χ1) is 12.9. The maximum absolute atomic E-state index is 12.9. The summed E-state index contributed by atoms with van der Waals surface area (Å²) in [5.41, 5.74) is 0.404. The van der Waals surface area contributed by atoms with E-state index >= 15 is 0 Å². The van der Waals surface area contributed by atoms with E-state index in [2.05, 4.69) is 20.4 Å². The number of piperazine rings is 1. The number of sulfonamides is 1. The normalized spacial score (nSPS) is 19.3. The number of ketones is 1. The predicted octanol–water partition coefficient (Wildman–Crippen LogP) is 0.717. The van der Waals surface area contributed by atoms with Gasteiger partial charge in [-0.05, 0) is 42.3 Å². The van der Waals surface area contributed by atoms with Crippen molar-refractivity contribution in [1.82, 2.24) is 29.4 Å². The molecule has 1 aromatic heterocycles. The van der Waals surface area contributed by atoms with Gasteiger partial charge in [0.1, 0.15) is 0 Å². The van der Waals surface area contributed by atoms with Crippen LogP contribution in [0, 0.1) is 0 Å². The maximum Gasteiger partial charge on any atom is 0.243 e. The van der Waals surface area contributed by atoms with Crippen molar-refractivity contribution in [2.24, 2.45) is 0 Å². The quantitative estimate of drug-likeness (QED) is 0.670. The van der Waals surface area contributed by atoms with Crippen LogP contribution >= 0.6 is 0 Å². The van der Waals surface area contributed by atoms with Gasteiger partial charge >= 0.3 is 0 Å². The van der Waals surface area contributed by atoms with E-state index < -0.39 is 10.0 Å². The SMILES string of the molecule is CC(=O)c1cccc(S(=O)(=O)N2CCN(Cc3nnnn3C3CC3)CC2)c1. The first-order valence-electron chi connectivity index (χ1n) is 9.05. The Morgan fingerprint density at radius 3 is 2.59 bits per heavy atom. The van der Waals surface area contributed by atoms with Gasteiger partial charge in [0.05, 0.1) is 17.5 Å². The summed E-state index contributed by atoms with van der Waals surface area (Å²) in [4.78, 5) is 13.9. The number of rotatable bonds is 6. The lowest BCUT2D eigenvalue weighted by Crippen LogP contribution is -2.48. The fraction of sp³-hybridized carbons (Fsp3) is 0.529. The minimum Gasteiger partial charge on any atom is -0.295 e. The Morgan fingerprint density at radius 1 is 1.19 bits per heavy atom. The van der Waals surface area contributed by atoms with Gasteiger partial charge in [-0.2, -0.15) is 4.31 Å². The molecule has 1 saturated heterocycles. The minimum absolute atomic E-state index is 0.148. The fourth-order valence-corrected chi connectivity index (χ4v) is 4.74. The number of Topliss-reactive ketones (excluding diaryl/α,β-unsaturated/α-hetero) is 1. The molecule has 0 amide bonds. The Bertz CT molecular complexity index is 945. The number of tetrazole rings is 1. The summed E-state index contributed by atoms with van der Waals surface area (Å²) in [7, 11) is -3.61. The molecule has 2 fully saturated rings. The van der Waals surface area contributed by atoms with Gasteiger partial charge in [0, 0.05) is 31.7 Å². The van der Waals surface area contributed by atoms with Gasteiger partial charge in [0.2, 0.25) is 10.0 Å². The first kappa shape index (κ1) is 18.2. The standard InChI is InChI=1S/C17H22N6O3S/c1-13(24)14-3-2-4-16(11-14)27(25,26)22-9-7-21(8-10-22)12-17-18-19-20-23(17)15-5-6-15/h2-4,11,15H,5-10,12H2,1H3. The average molecular weight is 390 g/mol. The van der Waals surface area contributed by atoms with Gasteiger partial charge in [-0.25, -0.2) is 13.1 Å². The van der Waals surface area contributed by atoms with Crippen LogP contribution in [0.3, 0.4) is 0 Å². The van der Waals surface area contributed by atoms with Crippen molar-refractivity contribution >= 4 is 15.8 Å². The van der Waals surface area contributed by atoms with E-state index in [1.807, 2.05) is 4.68 Å². The zero-order valence-corrected chi connectivity index (χ0v) is 16.0. The van der Waals surface area contributed by atoms with Crippen molar-refractivity contribution in [3.63, 3.8) is 0 Å². The molecule has 27 heavy (non-hydrogen) atoms. The molecule has 2 aromatic rings. The summed E-state index contributed by atoms with van der Waals surface area (Å²) in [6, 6.07) is 6.65. The summed E-state index contributed by atoms with van der Waals surface area (Å²) in [6.07, 6.45) is 2.23. The molecule has 144 valence electrons. The highest BCUT2D eigenvalue weighted by Crippen LogP contribution is 2.34. The molecule has 4 rings (SSSR count). The third-order valence-corrected chi connectivity index (χ3v) is 6.92. The molecule has 10 heteroatoms.